The van der Waals surface area contributed by atoms with Crippen molar-refractivity contribution < 1.29 is 4.74 Å². The highest BCUT2D eigenvalue weighted by Crippen LogP contribution is 2.37. The second-order valence-corrected chi connectivity index (χ2v) is 5.33. The van der Waals surface area contributed by atoms with Gasteiger partial charge in [-0.1, -0.05) is 6.08 Å². The summed E-state index contributed by atoms with van der Waals surface area (Å²) in [5.74, 6) is 0.684. The van der Waals surface area contributed by atoms with E-state index in [0.29, 0.717) is 11.4 Å². The minimum atomic E-state index is 0.406. The van der Waals surface area contributed by atoms with E-state index in [2.05, 4.69) is 22.4 Å². The van der Waals surface area contributed by atoms with Gasteiger partial charge in [0.15, 0.2) is 0 Å². The molecule has 1 aromatic rings. The molecule has 0 radical (unpaired) electrons. The number of nitrogens with one attached hydrogen (secondary N) is 1. The fraction of sp³-hybridized carbons (Fsp3) is 0.533. The van der Waals surface area contributed by atoms with Crippen LogP contribution in [0.2, 0.25) is 0 Å². The summed E-state index contributed by atoms with van der Waals surface area (Å²) in [6, 6.07) is 4.05. The molecule has 96 valence electrons. The first-order valence-electron chi connectivity index (χ1n) is 6.76. The predicted octanol–water partition coefficient (Wildman–Crippen LogP) is 2.78. The van der Waals surface area contributed by atoms with E-state index in [0.717, 1.165) is 12.8 Å². The van der Waals surface area contributed by atoms with Crippen LogP contribution >= 0.6 is 0 Å². The van der Waals surface area contributed by atoms with Gasteiger partial charge in [-0.25, -0.2) is 4.98 Å². The van der Waals surface area contributed by atoms with E-state index in [9.17, 15) is 0 Å². The molecule has 1 N–H and O–H groups in total. The summed E-state index contributed by atoms with van der Waals surface area (Å²) in [6.45, 7) is 1.19. The monoisotopic (exact) mass is 244 g/mol. The average Bonchev–Trinajstić information content (AvgIpc) is 2.88. The van der Waals surface area contributed by atoms with Crippen molar-refractivity contribution in [1.82, 2.24) is 10.3 Å². The van der Waals surface area contributed by atoms with Crippen LogP contribution in [0.15, 0.2) is 24.4 Å². The Morgan fingerprint density at radius 1 is 1.33 bits per heavy atom. The van der Waals surface area contributed by atoms with Crippen LogP contribution in [0.25, 0.3) is 5.57 Å². The maximum atomic E-state index is 5.09. The molecule has 1 aliphatic heterocycles. The van der Waals surface area contributed by atoms with Crippen molar-refractivity contribution >= 4 is 5.57 Å². The Labute approximate surface area is 108 Å². The van der Waals surface area contributed by atoms with E-state index in [4.69, 9.17) is 4.74 Å². The second kappa shape index (κ2) is 4.73. The quantitative estimate of drug-likeness (QED) is 0.868. The lowest BCUT2D eigenvalue weighted by Gasteiger charge is -2.33. The van der Waals surface area contributed by atoms with Gasteiger partial charge in [0.05, 0.1) is 7.11 Å². The number of pyridine rings is 1. The summed E-state index contributed by atoms with van der Waals surface area (Å²) in [7, 11) is 1.65. The highest BCUT2D eigenvalue weighted by atomic mass is 16.5. The SMILES string of the molecule is COc1ccc(C2=CCC3(CCCN3)CC2)cn1. The van der Waals surface area contributed by atoms with Crippen molar-refractivity contribution in [1.29, 1.82) is 0 Å². The normalized spacial score (nSPS) is 27.3. The van der Waals surface area contributed by atoms with Crippen molar-refractivity contribution in [2.75, 3.05) is 13.7 Å². The van der Waals surface area contributed by atoms with Crippen molar-refractivity contribution in [3.05, 3.63) is 30.0 Å². The second-order valence-electron chi connectivity index (χ2n) is 5.33. The lowest BCUT2D eigenvalue weighted by atomic mass is 9.80. The summed E-state index contributed by atoms with van der Waals surface area (Å²) < 4.78 is 5.09. The zero-order valence-corrected chi connectivity index (χ0v) is 10.9. The van der Waals surface area contributed by atoms with E-state index in [-0.39, 0.29) is 0 Å². The van der Waals surface area contributed by atoms with Crippen LogP contribution < -0.4 is 10.1 Å². The van der Waals surface area contributed by atoms with E-state index in [1.807, 2.05) is 12.3 Å². The van der Waals surface area contributed by atoms with Gasteiger partial charge in [-0.15, -0.1) is 0 Å². The number of allylic oxidation sites excluding steroid dienone is 1. The van der Waals surface area contributed by atoms with E-state index >= 15 is 0 Å². The maximum absolute atomic E-state index is 5.09. The summed E-state index contributed by atoms with van der Waals surface area (Å²) in [4.78, 5) is 4.28. The minimum absolute atomic E-state index is 0.406. The van der Waals surface area contributed by atoms with Crippen LogP contribution in [0.5, 0.6) is 5.88 Å². The molecule has 0 aromatic carbocycles. The zero-order chi connectivity index (χ0) is 12.4. The molecule has 3 rings (SSSR count). The standard InChI is InChI=1S/C15H20N2O/c1-18-14-4-3-13(11-16-14)12-5-8-15(9-6-12)7-2-10-17-15/h3-5,11,17H,2,6-10H2,1H3. The number of hydrogen-bond acceptors (Lipinski definition) is 3. The largest absolute Gasteiger partial charge is 0.481 e. The first kappa shape index (κ1) is 11.7. The van der Waals surface area contributed by atoms with Gasteiger partial charge in [0.25, 0.3) is 0 Å². The molecule has 0 amide bonds. The van der Waals surface area contributed by atoms with Crippen LogP contribution in [-0.4, -0.2) is 24.2 Å². The van der Waals surface area contributed by atoms with Crippen LogP contribution in [0.3, 0.4) is 0 Å². The van der Waals surface area contributed by atoms with Gasteiger partial charge in [0.1, 0.15) is 0 Å². The molecule has 18 heavy (non-hydrogen) atoms. The van der Waals surface area contributed by atoms with Crippen LogP contribution in [0.1, 0.15) is 37.7 Å². The molecule has 3 heteroatoms. The van der Waals surface area contributed by atoms with Crippen molar-refractivity contribution in [3.8, 4) is 5.88 Å². The fourth-order valence-corrected chi connectivity index (χ4v) is 3.11. The van der Waals surface area contributed by atoms with Crippen LogP contribution in [0.4, 0.5) is 0 Å². The summed E-state index contributed by atoms with van der Waals surface area (Å²) in [5.41, 5.74) is 3.08. The average molecular weight is 244 g/mol. The number of methoxy groups -OCH3 is 1. The Bertz CT molecular complexity index is 444. The third kappa shape index (κ3) is 2.15. The van der Waals surface area contributed by atoms with Gasteiger partial charge in [-0.2, -0.15) is 0 Å². The maximum Gasteiger partial charge on any atom is 0.212 e. The van der Waals surface area contributed by atoms with Crippen LogP contribution in [0, 0.1) is 0 Å². The molecule has 2 heterocycles. The fourth-order valence-electron chi connectivity index (χ4n) is 3.11. The predicted molar refractivity (Wildman–Crippen MR) is 72.6 cm³/mol. The van der Waals surface area contributed by atoms with Crippen LogP contribution in [-0.2, 0) is 0 Å². The zero-order valence-electron chi connectivity index (χ0n) is 10.9. The Kier molecular flexibility index (Phi) is 3.08. The smallest absolute Gasteiger partial charge is 0.212 e. The Hall–Kier alpha value is -1.35. The number of ether oxygens (including phenoxy) is 1. The van der Waals surface area contributed by atoms with Gasteiger partial charge in [-0.05, 0) is 55.9 Å². The molecule has 3 nitrogen and oxygen atoms in total. The molecule has 1 saturated heterocycles. The van der Waals surface area contributed by atoms with Gasteiger partial charge in [0.2, 0.25) is 5.88 Å². The molecular weight excluding hydrogens is 224 g/mol. The summed E-state index contributed by atoms with van der Waals surface area (Å²) in [5, 5.41) is 3.68. The van der Waals surface area contributed by atoms with E-state index in [1.165, 1.54) is 36.9 Å². The van der Waals surface area contributed by atoms with E-state index < -0.39 is 0 Å². The summed E-state index contributed by atoms with van der Waals surface area (Å²) in [6.07, 6.45) is 10.5. The van der Waals surface area contributed by atoms with Gasteiger partial charge < -0.3 is 10.1 Å². The number of aromatic nitrogens is 1. The molecule has 1 atom stereocenters. The number of nitrogens with zero attached hydrogens (tertiary/aromatic N) is 1. The molecule has 0 bridgehead atoms. The van der Waals surface area contributed by atoms with Crippen molar-refractivity contribution in [2.45, 2.75) is 37.6 Å². The molecule has 1 unspecified atom stereocenters. The minimum Gasteiger partial charge on any atom is -0.481 e. The molecular formula is C15H20N2O. The first-order chi connectivity index (χ1) is 8.81. The number of hydrogen-bond donors (Lipinski definition) is 1. The van der Waals surface area contributed by atoms with Gasteiger partial charge in [0, 0.05) is 17.8 Å². The lowest BCUT2D eigenvalue weighted by Crippen LogP contribution is -2.40. The lowest BCUT2D eigenvalue weighted by molar-refractivity contribution is 0.347. The van der Waals surface area contributed by atoms with Gasteiger partial charge in [-0.3, -0.25) is 0 Å². The molecule has 2 aliphatic rings. The van der Waals surface area contributed by atoms with Crippen molar-refractivity contribution in [2.24, 2.45) is 0 Å². The first-order valence-corrected chi connectivity index (χ1v) is 6.76. The molecule has 0 saturated carbocycles. The van der Waals surface area contributed by atoms with Gasteiger partial charge >= 0.3 is 0 Å². The number of rotatable bonds is 2. The Balaban J connectivity index is 1.75. The third-order valence-electron chi connectivity index (χ3n) is 4.26. The third-order valence-corrected chi connectivity index (χ3v) is 4.26. The topological polar surface area (TPSA) is 34.1 Å². The summed E-state index contributed by atoms with van der Waals surface area (Å²) >= 11 is 0. The Morgan fingerprint density at radius 3 is 2.83 bits per heavy atom. The Morgan fingerprint density at radius 2 is 2.28 bits per heavy atom. The molecule has 1 fully saturated rings. The molecule has 1 spiro atoms. The molecule has 1 aliphatic carbocycles. The highest BCUT2D eigenvalue weighted by molar-refractivity contribution is 5.66. The van der Waals surface area contributed by atoms with Crippen molar-refractivity contribution in [3.63, 3.8) is 0 Å². The molecule has 1 aromatic heterocycles. The highest BCUT2D eigenvalue weighted by Gasteiger charge is 2.34. The van der Waals surface area contributed by atoms with E-state index in [1.54, 1.807) is 7.11 Å².